The van der Waals surface area contributed by atoms with Crippen LogP contribution in [0.4, 0.5) is 13.2 Å². The van der Waals surface area contributed by atoms with E-state index >= 15 is 0 Å². The smallest absolute Gasteiger partial charge is 0.462 e. The van der Waals surface area contributed by atoms with Crippen molar-refractivity contribution in [1.82, 2.24) is 0 Å². The molecule has 0 aliphatic carbocycles. The second kappa shape index (κ2) is 7.31. The molecule has 8 heteroatoms. The fourth-order valence-corrected chi connectivity index (χ4v) is 1.74. The Labute approximate surface area is 123 Å². The third-order valence-electron chi connectivity index (χ3n) is 2.35. The van der Waals surface area contributed by atoms with Gasteiger partial charge < -0.3 is 9.47 Å². The van der Waals surface area contributed by atoms with Gasteiger partial charge in [-0.3, -0.25) is 4.79 Å². The molecule has 0 atom stereocenters. The largest absolute Gasteiger partial charge is 0.573 e. The molecule has 0 unspecified atom stereocenters. The second-order valence-corrected chi connectivity index (χ2v) is 4.19. The molecule has 1 rings (SSSR count). The summed E-state index contributed by atoms with van der Waals surface area (Å²) < 4.78 is 46.0. The molecule has 0 aliphatic heterocycles. The number of rotatable bonds is 6. The fourth-order valence-electron chi connectivity index (χ4n) is 1.57. The molecular formula is C13H12ClF3O4. The second-order valence-electron chi connectivity index (χ2n) is 3.81. The maximum Gasteiger partial charge on any atom is 0.573 e. The number of carbonyl (C=O) groups is 2. The Balaban J connectivity index is 3.33. The van der Waals surface area contributed by atoms with Crippen molar-refractivity contribution < 1.29 is 32.2 Å². The van der Waals surface area contributed by atoms with Crippen molar-refractivity contribution in [2.75, 3.05) is 12.5 Å². The van der Waals surface area contributed by atoms with E-state index in [0.717, 1.165) is 12.1 Å². The van der Waals surface area contributed by atoms with Gasteiger partial charge in [0, 0.05) is 12.3 Å². The van der Waals surface area contributed by atoms with Crippen molar-refractivity contribution in [3.8, 4) is 5.75 Å². The monoisotopic (exact) mass is 324 g/mol. The molecule has 0 bridgehead atoms. The van der Waals surface area contributed by atoms with E-state index in [1.807, 2.05) is 0 Å². The lowest BCUT2D eigenvalue weighted by Crippen LogP contribution is -2.22. The molecule has 116 valence electrons. The lowest BCUT2D eigenvalue weighted by molar-refractivity contribution is -0.274. The zero-order valence-corrected chi connectivity index (χ0v) is 11.8. The molecule has 0 radical (unpaired) electrons. The standard InChI is InChI=1S/C13H12ClF3O4/c1-2-20-12(19)9-5-3-4-8(10(18)6-7-14)11(9)21-13(15,16)17/h3-5H,2,6-7H2,1H3. The van der Waals surface area contributed by atoms with Crippen LogP contribution >= 0.6 is 11.6 Å². The Kier molecular flexibility index (Phi) is 6.02. The number of para-hydroxylation sites is 1. The van der Waals surface area contributed by atoms with Gasteiger partial charge >= 0.3 is 12.3 Å². The van der Waals surface area contributed by atoms with E-state index in [1.165, 1.54) is 13.0 Å². The van der Waals surface area contributed by atoms with Gasteiger partial charge in [-0.25, -0.2) is 4.79 Å². The van der Waals surface area contributed by atoms with Crippen molar-refractivity contribution >= 4 is 23.4 Å². The minimum atomic E-state index is -5.04. The van der Waals surface area contributed by atoms with Gasteiger partial charge in [-0.2, -0.15) is 0 Å². The first-order valence-corrected chi connectivity index (χ1v) is 6.48. The van der Waals surface area contributed by atoms with Crippen LogP contribution in [0, 0.1) is 0 Å². The predicted molar refractivity (Wildman–Crippen MR) is 68.7 cm³/mol. The van der Waals surface area contributed by atoms with E-state index < -0.39 is 29.4 Å². The number of ketones is 1. The molecule has 0 spiro atoms. The average molecular weight is 325 g/mol. The van der Waals surface area contributed by atoms with Gasteiger partial charge in [0.15, 0.2) is 11.5 Å². The number of Topliss-reactive ketones (excluding diaryl/α,β-unsaturated/α-hetero) is 1. The van der Waals surface area contributed by atoms with Crippen LogP contribution in [0.3, 0.4) is 0 Å². The normalized spacial score (nSPS) is 11.1. The van der Waals surface area contributed by atoms with Gasteiger partial charge in [0.2, 0.25) is 0 Å². The third kappa shape index (κ3) is 4.93. The van der Waals surface area contributed by atoms with Crippen molar-refractivity contribution in [2.24, 2.45) is 0 Å². The third-order valence-corrected chi connectivity index (χ3v) is 2.54. The van der Waals surface area contributed by atoms with Gasteiger partial charge in [0.05, 0.1) is 12.2 Å². The summed E-state index contributed by atoms with van der Waals surface area (Å²) in [5.41, 5.74) is -0.826. The summed E-state index contributed by atoms with van der Waals surface area (Å²) in [4.78, 5) is 23.5. The maximum atomic E-state index is 12.5. The van der Waals surface area contributed by atoms with Gasteiger partial charge in [-0.1, -0.05) is 6.07 Å². The Hall–Kier alpha value is -1.76. The van der Waals surface area contributed by atoms with Crippen LogP contribution in [0.2, 0.25) is 0 Å². The summed E-state index contributed by atoms with van der Waals surface area (Å²) in [7, 11) is 0. The lowest BCUT2D eigenvalue weighted by atomic mass is 10.0. The number of alkyl halides is 4. The summed E-state index contributed by atoms with van der Waals surface area (Å²) >= 11 is 5.41. The Bertz CT molecular complexity index is 492. The van der Waals surface area contributed by atoms with Crippen molar-refractivity contribution in [3.63, 3.8) is 0 Å². The summed E-state index contributed by atoms with van der Waals surface area (Å²) in [6.45, 7) is 1.48. The lowest BCUT2D eigenvalue weighted by Gasteiger charge is -2.15. The molecule has 0 heterocycles. The van der Waals surface area contributed by atoms with E-state index in [2.05, 4.69) is 9.47 Å². The molecule has 0 saturated carbocycles. The molecule has 0 aliphatic rings. The minimum Gasteiger partial charge on any atom is -0.462 e. The number of carbonyl (C=O) groups excluding carboxylic acids is 2. The number of benzene rings is 1. The van der Waals surface area contributed by atoms with Gasteiger partial charge in [-0.05, 0) is 19.1 Å². The van der Waals surface area contributed by atoms with Gasteiger partial charge in [0.25, 0.3) is 0 Å². The Morgan fingerprint density at radius 2 is 1.86 bits per heavy atom. The molecule has 0 amide bonds. The first-order chi connectivity index (χ1) is 9.80. The highest BCUT2D eigenvalue weighted by Gasteiger charge is 2.35. The van der Waals surface area contributed by atoms with Gasteiger partial charge in [0.1, 0.15) is 5.56 Å². The number of halogens is 4. The van der Waals surface area contributed by atoms with Crippen LogP contribution in [0.25, 0.3) is 0 Å². The minimum absolute atomic E-state index is 0.0237. The van der Waals surface area contributed by atoms with E-state index in [-0.39, 0.29) is 24.5 Å². The molecule has 21 heavy (non-hydrogen) atoms. The average Bonchev–Trinajstić information content (AvgIpc) is 2.37. The topological polar surface area (TPSA) is 52.6 Å². The highest BCUT2D eigenvalue weighted by molar-refractivity contribution is 6.19. The highest BCUT2D eigenvalue weighted by atomic mass is 35.5. The van der Waals surface area contributed by atoms with E-state index in [4.69, 9.17) is 11.6 Å². The zero-order chi connectivity index (χ0) is 16.0. The number of hydrogen-bond donors (Lipinski definition) is 0. The van der Waals surface area contributed by atoms with Crippen LogP contribution in [0.5, 0.6) is 5.75 Å². The summed E-state index contributed by atoms with van der Waals surface area (Å²) in [6.07, 6.45) is -5.22. The fraction of sp³-hybridized carbons (Fsp3) is 0.385. The highest BCUT2D eigenvalue weighted by Crippen LogP contribution is 2.31. The first-order valence-electron chi connectivity index (χ1n) is 5.95. The quantitative estimate of drug-likeness (QED) is 0.456. The molecule has 1 aromatic carbocycles. The number of ether oxygens (including phenoxy) is 2. The van der Waals surface area contributed by atoms with Crippen molar-refractivity contribution in [2.45, 2.75) is 19.7 Å². The van der Waals surface area contributed by atoms with E-state index in [1.54, 1.807) is 0 Å². The van der Waals surface area contributed by atoms with E-state index in [9.17, 15) is 22.8 Å². The summed E-state index contributed by atoms with van der Waals surface area (Å²) in [6, 6.07) is 3.51. The zero-order valence-electron chi connectivity index (χ0n) is 11.0. The van der Waals surface area contributed by atoms with E-state index in [0.29, 0.717) is 0 Å². The van der Waals surface area contributed by atoms with Crippen LogP contribution in [0.15, 0.2) is 18.2 Å². The van der Waals surface area contributed by atoms with Gasteiger partial charge in [-0.15, -0.1) is 24.8 Å². The predicted octanol–water partition coefficient (Wildman–Crippen LogP) is 3.57. The first kappa shape index (κ1) is 17.3. The maximum absolute atomic E-state index is 12.5. The molecule has 0 saturated heterocycles. The van der Waals surface area contributed by atoms with Crippen LogP contribution in [-0.2, 0) is 4.74 Å². The SMILES string of the molecule is CCOC(=O)c1cccc(C(=O)CCCl)c1OC(F)(F)F. The van der Waals surface area contributed by atoms with Crippen LogP contribution in [0.1, 0.15) is 34.1 Å². The summed E-state index contributed by atoms with van der Waals surface area (Å²) in [5, 5.41) is 0. The molecule has 0 fully saturated rings. The number of hydrogen-bond acceptors (Lipinski definition) is 4. The molecule has 0 aromatic heterocycles. The number of esters is 1. The van der Waals surface area contributed by atoms with Crippen molar-refractivity contribution in [1.29, 1.82) is 0 Å². The molecule has 0 N–H and O–H groups in total. The van der Waals surface area contributed by atoms with Crippen LogP contribution < -0.4 is 4.74 Å². The van der Waals surface area contributed by atoms with Crippen molar-refractivity contribution in [3.05, 3.63) is 29.3 Å². The molecule has 1 aromatic rings. The Morgan fingerprint density at radius 1 is 1.24 bits per heavy atom. The Morgan fingerprint density at radius 3 is 2.38 bits per heavy atom. The van der Waals surface area contributed by atoms with Crippen LogP contribution in [-0.4, -0.2) is 30.6 Å². The molecular weight excluding hydrogens is 313 g/mol. The molecule has 4 nitrogen and oxygen atoms in total. The summed E-state index contributed by atoms with van der Waals surface area (Å²) in [5.74, 6) is -2.58.